The van der Waals surface area contributed by atoms with Crippen LogP contribution >= 0.6 is 0 Å². The summed E-state index contributed by atoms with van der Waals surface area (Å²) < 4.78 is 5.22. The Morgan fingerprint density at radius 1 is 1.38 bits per heavy atom. The molecule has 0 aliphatic rings. The lowest BCUT2D eigenvalue weighted by Crippen LogP contribution is -1.97. The average Bonchev–Trinajstić information content (AvgIpc) is 2.26. The molecule has 16 heavy (non-hydrogen) atoms. The van der Waals surface area contributed by atoms with Gasteiger partial charge in [0.15, 0.2) is 0 Å². The Bertz CT molecular complexity index is 563. The molecule has 4 heteroatoms. The average molecular weight is 217 g/mol. The van der Waals surface area contributed by atoms with E-state index in [9.17, 15) is 4.79 Å². The van der Waals surface area contributed by atoms with E-state index < -0.39 is 5.97 Å². The molecule has 4 nitrogen and oxygen atoms in total. The number of methoxy groups -OCH3 is 1. The lowest BCUT2D eigenvalue weighted by atomic mass is 10.1. The number of pyridine rings is 1. The number of carboxylic acids is 1. The zero-order valence-electron chi connectivity index (χ0n) is 9.02. The van der Waals surface area contributed by atoms with E-state index >= 15 is 0 Å². The second-order valence-electron chi connectivity index (χ2n) is 3.50. The summed E-state index contributed by atoms with van der Waals surface area (Å²) in [5.41, 5.74) is 1.66. The zero-order chi connectivity index (χ0) is 11.7. The van der Waals surface area contributed by atoms with Crippen LogP contribution in [0, 0.1) is 6.92 Å². The molecule has 82 valence electrons. The first-order valence-electron chi connectivity index (χ1n) is 4.80. The van der Waals surface area contributed by atoms with Crippen LogP contribution in [0.25, 0.3) is 10.9 Å². The summed E-state index contributed by atoms with van der Waals surface area (Å²) in [6.45, 7) is 1.84. The van der Waals surface area contributed by atoms with E-state index in [1.807, 2.05) is 13.0 Å². The zero-order valence-corrected chi connectivity index (χ0v) is 9.02. The summed E-state index contributed by atoms with van der Waals surface area (Å²) in [5, 5.41) is 9.70. The van der Waals surface area contributed by atoms with E-state index in [-0.39, 0.29) is 5.56 Å². The molecule has 1 N–H and O–H groups in total. The van der Waals surface area contributed by atoms with Crippen molar-refractivity contribution in [1.29, 1.82) is 0 Å². The number of rotatable bonds is 2. The lowest BCUT2D eigenvalue weighted by Gasteiger charge is -2.06. The van der Waals surface area contributed by atoms with Crippen molar-refractivity contribution in [2.24, 2.45) is 0 Å². The Labute approximate surface area is 92.5 Å². The third-order valence-electron chi connectivity index (χ3n) is 2.37. The van der Waals surface area contributed by atoms with Crippen molar-refractivity contribution in [2.75, 3.05) is 7.11 Å². The normalized spacial score (nSPS) is 10.4. The van der Waals surface area contributed by atoms with Crippen molar-refractivity contribution in [2.45, 2.75) is 6.92 Å². The molecule has 0 aliphatic carbocycles. The summed E-state index contributed by atoms with van der Waals surface area (Å²) in [5.74, 6) is -0.247. The topological polar surface area (TPSA) is 59.4 Å². The van der Waals surface area contributed by atoms with Gasteiger partial charge in [-0.1, -0.05) is 0 Å². The highest BCUT2D eigenvalue weighted by atomic mass is 16.5. The molecule has 2 rings (SSSR count). The molecule has 0 unspecified atom stereocenters. The van der Waals surface area contributed by atoms with E-state index in [1.54, 1.807) is 25.3 Å². The number of aromatic nitrogens is 1. The van der Waals surface area contributed by atoms with Gasteiger partial charge in [-0.05, 0) is 25.1 Å². The van der Waals surface area contributed by atoms with Gasteiger partial charge in [0.05, 0.1) is 18.2 Å². The highest BCUT2D eigenvalue weighted by molar-refractivity contribution is 5.94. The molecule has 0 saturated heterocycles. The number of hydrogen-bond acceptors (Lipinski definition) is 3. The number of fused-ring (bicyclic) bond motifs is 1. The lowest BCUT2D eigenvalue weighted by molar-refractivity contribution is 0.0697. The maximum Gasteiger partial charge on any atom is 0.335 e. The van der Waals surface area contributed by atoms with Gasteiger partial charge in [0.25, 0.3) is 0 Å². The van der Waals surface area contributed by atoms with E-state index in [0.717, 1.165) is 11.1 Å². The third-order valence-corrected chi connectivity index (χ3v) is 2.37. The van der Waals surface area contributed by atoms with Crippen LogP contribution in [0.5, 0.6) is 5.75 Å². The molecule has 0 spiro atoms. The van der Waals surface area contributed by atoms with E-state index in [2.05, 4.69) is 4.98 Å². The maximum atomic E-state index is 10.8. The van der Waals surface area contributed by atoms with Gasteiger partial charge in [0.1, 0.15) is 5.75 Å². The highest BCUT2D eigenvalue weighted by Gasteiger charge is 2.08. The van der Waals surface area contributed by atoms with Crippen molar-refractivity contribution >= 4 is 16.9 Å². The van der Waals surface area contributed by atoms with E-state index in [1.165, 1.54) is 0 Å². The van der Waals surface area contributed by atoms with Crippen LogP contribution < -0.4 is 4.74 Å². The van der Waals surface area contributed by atoms with Crippen molar-refractivity contribution in [3.63, 3.8) is 0 Å². The first-order valence-corrected chi connectivity index (χ1v) is 4.80. The molecule has 0 bridgehead atoms. The monoisotopic (exact) mass is 217 g/mol. The van der Waals surface area contributed by atoms with Crippen LogP contribution in [0.3, 0.4) is 0 Å². The number of carboxylic acid groups (broad SMARTS) is 1. The van der Waals surface area contributed by atoms with E-state index in [4.69, 9.17) is 9.84 Å². The molecule has 2 aromatic rings. The third kappa shape index (κ3) is 1.69. The van der Waals surface area contributed by atoms with Crippen molar-refractivity contribution < 1.29 is 14.6 Å². The van der Waals surface area contributed by atoms with Gasteiger partial charge < -0.3 is 9.84 Å². The second kappa shape index (κ2) is 3.81. The van der Waals surface area contributed by atoms with Crippen LogP contribution in [0.15, 0.2) is 24.3 Å². The molecule has 1 aromatic heterocycles. The van der Waals surface area contributed by atoms with Gasteiger partial charge in [-0.25, -0.2) is 4.79 Å². The van der Waals surface area contributed by atoms with Crippen LogP contribution in [0.2, 0.25) is 0 Å². The molecular weight excluding hydrogens is 206 g/mol. The number of benzene rings is 1. The number of aromatic carboxylic acids is 1. The molecule has 0 fully saturated rings. The van der Waals surface area contributed by atoms with Gasteiger partial charge in [-0.3, -0.25) is 4.98 Å². The minimum absolute atomic E-state index is 0.229. The fourth-order valence-corrected chi connectivity index (χ4v) is 1.62. The Hall–Kier alpha value is -2.10. The van der Waals surface area contributed by atoms with Crippen molar-refractivity contribution in [3.8, 4) is 5.75 Å². The quantitative estimate of drug-likeness (QED) is 0.838. The minimum atomic E-state index is -0.954. The maximum absolute atomic E-state index is 10.8. The fourth-order valence-electron chi connectivity index (χ4n) is 1.62. The summed E-state index contributed by atoms with van der Waals surface area (Å²) in [7, 11) is 1.58. The van der Waals surface area contributed by atoms with Gasteiger partial charge in [-0.15, -0.1) is 0 Å². The Kier molecular flexibility index (Phi) is 2.48. The summed E-state index contributed by atoms with van der Waals surface area (Å²) in [4.78, 5) is 15.1. The molecule has 0 amide bonds. The van der Waals surface area contributed by atoms with Gasteiger partial charge in [0, 0.05) is 17.1 Å². The SMILES string of the molecule is COc1cc(C)nc2cc(C(=O)O)ccc12. The summed E-state index contributed by atoms with van der Waals surface area (Å²) in [6.07, 6.45) is 0. The Morgan fingerprint density at radius 2 is 2.12 bits per heavy atom. The molecule has 0 saturated carbocycles. The second-order valence-corrected chi connectivity index (χ2v) is 3.50. The highest BCUT2D eigenvalue weighted by Crippen LogP contribution is 2.25. The number of aryl methyl sites for hydroxylation is 1. The van der Waals surface area contributed by atoms with Crippen LogP contribution in [-0.4, -0.2) is 23.2 Å². The first kappa shape index (κ1) is 10.4. The minimum Gasteiger partial charge on any atom is -0.496 e. The first-order chi connectivity index (χ1) is 7.61. The summed E-state index contributed by atoms with van der Waals surface area (Å²) in [6, 6.07) is 6.63. The fraction of sp³-hybridized carbons (Fsp3) is 0.167. The predicted molar refractivity (Wildman–Crippen MR) is 60.0 cm³/mol. The molecule has 1 aromatic carbocycles. The molecule has 0 aliphatic heterocycles. The molecule has 1 heterocycles. The van der Waals surface area contributed by atoms with Gasteiger partial charge in [-0.2, -0.15) is 0 Å². The number of ether oxygens (including phenoxy) is 1. The summed E-state index contributed by atoms with van der Waals surface area (Å²) >= 11 is 0. The molecule has 0 atom stereocenters. The van der Waals surface area contributed by atoms with Crippen LogP contribution in [0.4, 0.5) is 0 Å². The largest absolute Gasteiger partial charge is 0.496 e. The van der Waals surface area contributed by atoms with Crippen molar-refractivity contribution in [3.05, 3.63) is 35.5 Å². The van der Waals surface area contributed by atoms with Crippen molar-refractivity contribution in [1.82, 2.24) is 4.98 Å². The van der Waals surface area contributed by atoms with Crippen LogP contribution in [-0.2, 0) is 0 Å². The van der Waals surface area contributed by atoms with E-state index in [0.29, 0.717) is 11.3 Å². The van der Waals surface area contributed by atoms with Gasteiger partial charge >= 0.3 is 5.97 Å². The number of carbonyl (C=O) groups is 1. The number of nitrogens with zero attached hydrogens (tertiary/aromatic N) is 1. The van der Waals surface area contributed by atoms with Crippen LogP contribution in [0.1, 0.15) is 16.1 Å². The molecule has 0 radical (unpaired) electrons. The Balaban J connectivity index is 2.74. The predicted octanol–water partition coefficient (Wildman–Crippen LogP) is 2.25. The molecular formula is C12H11NO3. The standard InChI is InChI=1S/C12H11NO3/c1-7-5-11(16-2)9-4-3-8(12(14)15)6-10(9)13-7/h3-6H,1-2H3,(H,14,15). The van der Waals surface area contributed by atoms with Gasteiger partial charge in [0.2, 0.25) is 0 Å². The smallest absolute Gasteiger partial charge is 0.335 e. The Morgan fingerprint density at radius 3 is 2.75 bits per heavy atom. The number of hydrogen-bond donors (Lipinski definition) is 1.